The number of aromatic nitrogens is 3. The minimum Gasteiger partial charge on any atom is -0.271 e. The van der Waals surface area contributed by atoms with Crippen molar-refractivity contribution < 1.29 is 0 Å². The maximum atomic E-state index is 11.6. The Morgan fingerprint density at radius 1 is 1.41 bits per heavy atom. The molecule has 1 aromatic carbocycles. The van der Waals surface area contributed by atoms with Crippen molar-refractivity contribution in [2.24, 2.45) is 0 Å². The highest BCUT2D eigenvalue weighted by molar-refractivity contribution is 5.33. The summed E-state index contributed by atoms with van der Waals surface area (Å²) in [5, 5.41) is 15.2. The molecule has 5 nitrogen and oxygen atoms in total. The Morgan fingerprint density at radius 2 is 2.18 bits per heavy atom. The van der Waals surface area contributed by atoms with E-state index in [1.165, 1.54) is 0 Å². The molecule has 84 valence electrons. The van der Waals surface area contributed by atoms with E-state index in [-0.39, 0.29) is 11.7 Å². The Labute approximate surface area is 97.3 Å². The number of nitrogens with one attached hydrogen (secondary N) is 1. The lowest BCUT2D eigenvalue weighted by molar-refractivity contribution is 0.598. The molecule has 0 spiro atoms. The molecule has 1 atom stereocenters. The molecule has 17 heavy (non-hydrogen) atoms. The summed E-state index contributed by atoms with van der Waals surface area (Å²) in [6.45, 7) is 0. The van der Waals surface area contributed by atoms with Crippen molar-refractivity contribution in [2.45, 2.75) is 18.9 Å². The van der Waals surface area contributed by atoms with Crippen molar-refractivity contribution in [3.8, 4) is 6.07 Å². The van der Waals surface area contributed by atoms with Crippen LogP contribution in [0.2, 0.25) is 0 Å². The summed E-state index contributed by atoms with van der Waals surface area (Å²) < 4.78 is 1.70. The highest BCUT2D eigenvalue weighted by Crippen LogP contribution is 2.28. The molecule has 1 aliphatic heterocycles. The number of fused-ring (bicyclic) bond motifs is 1. The summed E-state index contributed by atoms with van der Waals surface area (Å²) in [7, 11) is 0. The fourth-order valence-corrected chi connectivity index (χ4v) is 2.33. The third-order valence-electron chi connectivity index (χ3n) is 3.16. The first kappa shape index (κ1) is 9.85. The molecule has 5 heteroatoms. The SMILES string of the molecule is N#Cc1ccc(C2CCc3n[nH]c(=O)n32)cc1. The largest absolute Gasteiger partial charge is 0.343 e. The van der Waals surface area contributed by atoms with Crippen LogP contribution in [0.3, 0.4) is 0 Å². The van der Waals surface area contributed by atoms with Gasteiger partial charge in [-0.1, -0.05) is 12.1 Å². The second kappa shape index (κ2) is 3.59. The van der Waals surface area contributed by atoms with E-state index in [0.29, 0.717) is 5.56 Å². The topological polar surface area (TPSA) is 74.5 Å². The standard InChI is InChI=1S/C12H10N4O/c13-7-8-1-3-9(4-2-8)10-5-6-11-14-15-12(17)16(10)11/h1-4,10H,5-6H2,(H,15,17). The average Bonchev–Trinajstić information content (AvgIpc) is 2.93. The highest BCUT2D eigenvalue weighted by atomic mass is 16.1. The van der Waals surface area contributed by atoms with Crippen LogP contribution in [0.15, 0.2) is 29.1 Å². The molecular weight excluding hydrogens is 216 g/mol. The summed E-state index contributed by atoms with van der Waals surface area (Å²) in [5.74, 6) is 0.810. The van der Waals surface area contributed by atoms with Crippen LogP contribution in [0.25, 0.3) is 0 Å². The molecule has 0 bridgehead atoms. The zero-order chi connectivity index (χ0) is 11.8. The van der Waals surface area contributed by atoms with E-state index >= 15 is 0 Å². The van der Waals surface area contributed by atoms with Gasteiger partial charge in [-0.25, -0.2) is 9.89 Å². The minimum atomic E-state index is -0.160. The fraction of sp³-hybridized carbons (Fsp3) is 0.250. The summed E-state index contributed by atoms with van der Waals surface area (Å²) in [6.07, 6.45) is 1.70. The number of nitriles is 1. The Balaban J connectivity index is 2.04. The van der Waals surface area contributed by atoms with Gasteiger partial charge in [0.05, 0.1) is 17.7 Å². The van der Waals surface area contributed by atoms with E-state index in [1.807, 2.05) is 12.1 Å². The number of benzene rings is 1. The van der Waals surface area contributed by atoms with Crippen molar-refractivity contribution in [3.63, 3.8) is 0 Å². The van der Waals surface area contributed by atoms with Crippen molar-refractivity contribution in [2.75, 3.05) is 0 Å². The Kier molecular flexibility index (Phi) is 2.08. The van der Waals surface area contributed by atoms with Gasteiger partial charge in [-0.2, -0.15) is 10.4 Å². The van der Waals surface area contributed by atoms with Gasteiger partial charge in [0.2, 0.25) is 0 Å². The first-order chi connectivity index (χ1) is 8.29. The van der Waals surface area contributed by atoms with Crippen molar-refractivity contribution >= 4 is 0 Å². The van der Waals surface area contributed by atoms with E-state index in [4.69, 9.17) is 5.26 Å². The molecule has 0 saturated carbocycles. The van der Waals surface area contributed by atoms with Crippen LogP contribution in [-0.2, 0) is 6.42 Å². The Morgan fingerprint density at radius 3 is 2.88 bits per heavy atom. The van der Waals surface area contributed by atoms with Gasteiger partial charge in [0, 0.05) is 6.42 Å². The van der Waals surface area contributed by atoms with Gasteiger partial charge in [-0.05, 0) is 24.1 Å². The van der Waals surface area contributed by atoms with Gasteiger partial charge < -0.3 is 0 Å². The normalized spacial score (nSPS) is 17.7. The van der Waals surface area contributed by atoms with E-state index in [0.717, 1.165) is 24.2 Å². The molecule has 0 aliphatic carbocycles. The first-order valence-corrected chi connectivity index (χ1v) is 5.45. The molecule has 2 heterocycles. The molecule has 1 aliphatic rings. The van der Waals surface area contributed by atoms with Gasteiger partial charge in [0.25, 0.3) is 0 Å². The Bertz CT molecular complexity index is 644. The van der Waals surface area contributed by atoms with E-state index in [9.17, 15) is 4.79 Å². The zero-order valence-electron chi connectivity index (χ0n) is 9.05. The smallest absolute Gasteiger partial charge is 0.271 e. The molecule has 1 unspecified atom stereocenters. The van der Waals surface area contributed by atoms with E-state index in [1.54, 1.807) is 16.7 Å². The monoisotopic (exact) mass is 226 g/mol. The van der Waals surface area contributed by atoms with Crippen LogP contribution in [0.5, 0.6) is 0 Å². The molecule has 0 saturated heterocycles. The lowest BCUT2D eigenvalue weighted by Gasteiger charge is -2.11. The maximum absolute atomic E-state index is 11.6. The molecule has 0 radical (unpaired) electrons. The highest BCUT2D eigenvalue weighted by Gasteiger charge is 2.26. The lowest BCUT2D eigenvalue weighted by Crippen LogP contribution is -2.20. The van der Waals surface area contributed by atoms with E-state index < -0.39 is 0 Å². The third kappa shape index (κ3) is 1.46. The van der Waals surface area contributed by atoms with Gasteiger partial charge in [0.15, 0.2) is 0 Å². The number of aryl methyl sites for hydroxylation is 1. The second-order valence-corrected chi connectivity index (χ2v) is 4.10. The minimum absolute atomic E-state index is 0.0454. The van der Waals surface area contributed by atoms with Gasteiger partial charge in [-0.3, -0.25) is 4.57 Å². The molecule has 0 fully saturated rings. The number of aromatic amines is 1. The Hall–Kier alpha value is -2.35. The zero-order valence-corrected chi connectivity index (χ0v) is 9.05. The van der Waals surface area contributed by atoms with Crippen LogP contribution in [-0.4, -0.2) is 14.8 Å². The number of nitrogens with zero attached hydrogens (tertiary/aromatic N) is 3. The fourth-order valence-electron chi connectivity index (χ4n) is 2.33. The second-order valence-electron chi connectivity index (χ2n) is 4.10. The van der Waals surface area contributed by atoms with Crippen LogP contribution in [0, 0.1) is 11.3 Å². The number of hydrogen-bond acceptors (Lipinski definition) is 3. The number of rotatable bonds is 1. The van der Waals surface area contributed by atoms with Crippen LogP contribution in [0.4, 0.5) is 0 Å². The van der Waals surface area contributed by atoms with Crippen molar-refractivity contribution in [3.05, 3.63) is 51.7 Å². The van der Waals surface area contributed by atoms with Gasteiger partial charge in [-0.15, -0.1) is 0 Å². The average molecular weight is 226 g/mol. The van der Waals surface area contributed by atoms with E-state index in [2.05, 4.69) is 16.3 Å². The number of H-pyrrole nitrogens is 1. The summed E-state index contributed by atoms with van der Waals surface area (Å²) in [6, 6.07) is 9.48. The quantitative estimate of drug-likeness (QED) is 0.787. The molecule has 3 rings (SSSR count). The van der Waals surface area contributed by atoms with Gasteiger partial charge in [0.1, 0.15) is 5.82 Å². The molecule has 2 aromatic rings. The van der Waals surface area contributed by atoms with Gasteiger partial charge >= 0.3 is 5.69 Å². The van der Waals surface area contributed by atoms with Crippen molar-refractivity contribution in [1.82, 2.24) is 14.8 Å². The van der Waals surface area contributed by atoms with Crippen LogP contribution in [0.1, 0.15) is 29.4 Å². The summed E-state index contributed by atoms with van der Waals surface area (Å²) in [5.41, 5.74) is 1.52. The van der Waals surface area contributed by atoms with Crippen molar-refractivity contribution in [1.29, 1.82) is 5.26 Å². The number of hydrogen-bond donors (Lipinski definition) is 1. The molecule has 1 aromatic heterocycles. The molecule has 0 amide bonds. The predicted molar refractivity (Wildman–Crippen MR) is 60.5 cm³/mol. The van der Waals surface area contributed by atoms with Crippen LogP contribution >= 0.6 is 0 Å². The maximum Gasteiger partial charge on any atom is 0.343 e. The molecule has 1 N–H and O–H groups in total. The lowest BCUT2D eigenvalue weighted by atomic mass is 10.0. The first-order valence-electron chi connectivity index (χ1n) is 5.45. The third-order valence-corrected chi connectivity index (χ3v) is 3.16. The summed E-state index contributed by atoms with van der Waals surface area (Å²) >= 11 is 0. The molecular formula is C12H10N4O. The van der Waals surface area contributed by atoms with Crippen LogP contribution < -0.4 is 5.69 Å². The summed E-state index contributed by atoms with van der Waals surface area (Å²) in [4.78, 5) is 11.6. The predicted octanol–water partition coefficient (Wildman–Crippen LogP) is 0.979.